The van der Waals surface area contributed by atoms with Gasteiger partial charge in [0.1, 0.15) is 11.5 Å². The average Bonchev–Trinajstić information content (AvgIpc) is 2.67. The molecule has 0 unspecified atom stereocenters. The van der Waals surface area contributed by atoms with E-state index in [9.17, 15) is 9.90 Å². The van der Waals surface area contributed by atoms with Crippen molar-refractivity contribution in [3.8, 4) is 22.6 Å². The standard InChI is InChI=1S/C24H32O3/c1-5-8-12-18-15-20(16-19(23(18)26)13-9-6-2)21-14-10-11-17(4)24(21)27-22(25)7-3/h10-11,14-16,26H,5-9,12-13H2,1-4H3. The third-order valence-electron chi connectivity index (χ3n) is 4.89. The first-order valence-corrected chi connectivity index (χ1v) is 10.2. The van der Waals surface area contributed by atoms with E-state index in [1.807, 2.05) is 25.1 Å². The quantitative estimate of drug-likeness (QED) is 0.413. The smallest absolute Gasteiger partial charge is 0.310 e. The number of benzene rings is 2. The molecule has 2 rings (SSSR count). The molecule has 0 saturated heterocycles. The lowest BCUT2D eigenvalue weighted by Crippen LogP contribution is -2.08. The van der Waals surface area contributed by atoms with Crippen LogP contribution >= 0.6 is 0 Å². The normalized spacial score (nSPS) is 10.8. The van der Waals surface area contributed by atoms with Crippen LogP contribution in [0.3, 0.4) is 0 Å². The van der Waals surface area contributed by atoms with E-state index in [0.717, 1.165) is 66.3 Å². The van der Waals surface area contributed by atoms with Crippen molar-refractivity contribution in [2.45, 2.75) is 72.6 Å². The summed E-state index contributed by atoms with van der Waals surface area (Å²) in [5, 5.41) is 10.7. The number of esters is 1. The third-order valence-corrected chi connectivity index (χ3v) is 4.89. The predicted octanol–water partition coefficient (Wildman–Crippen LogP) is 6.37. The van der Waals surface area contributed by atoms with E-state index in [0.29, 0.717) is 17.9 Å². The first-order chi connectivity index (χ1) is 13.0. The average molecular weight is 369 g/mol. The molecule has 0 aliphatic heterocycles. The fourth-order valence-corrected chi connectivity index (χ4v) is 3.23. The number of phenols is 1. The van der Waals surface area contributed by atoms with Gasteiger partial charge in [0.15, 0.2) is 0 Å². The number of hydrogen-bond acceptors (Lipinski definition) is 3. The molecule has 0 amide bonds. The van der Waals surface area contributed by atoms with E-state index < -0.39 is 0 Å². The minimum Gasteiger partial charge on any atom is -0.507 e. The summed E-state index contributed by atoms with van der Waals surface area (Å²) in [7, 11) is 0. The van der Waals surface area contributed by atoms with Crippen molar-refractivity contribution >= 4 is 5.97 Å². The molecule has 2 aromatic carbocycles. The zero-order chi connectivity index (χ0) is 19.8. The second kappa shape index (κ2) is 10.1. The van der Waals surface area contributed by atoms with Gasteiger partial charge in [0.25, 0.3) is 0 Å². The molecule has 0 aliphatic carbocycles. The Morgan fingerprint density at radius 3 is 2.11 bits per heavy atom. The molecule has 1 N–H and O–H groups in total. The van der Waals surface area contributed by atoms with Crippen LogP contribution in [0.25, 0.3) is 11.1 Å². The monoisotopic (exact) mass is 368 g/mol. The number of unbranched alkanes of at least 4 members (excludes halogenated alkanes) is 2. The summed E-state index contributed by atoms with van der Waals surface area (Å²) in [5.41, 5.74) is 4.82. The van der Waals surface area contributed by atoms with Gasteiger partial charge in [-0.25, -0.2) is 0 Å². The first-order valence-electron chi connectivity index (χ1n) is 10.2. The summed E-state index contributed by atoms with van der Waals surface area (Å²) in [4.78, 5) is 11.9. The predicted molar refractivity (Wildman–Crippen MR) is 111 cm³/mol. The maximum Gasteiger partial charge on any atom is 0.310 e. The summed E-state index contributed by atoms with van der Waals surface area (Å²) < 4.78 is 5.65. The van der Waals surface area contributed by atoms with Crippen LogP contribution < -0.4 is 4.74 Å². The molecule has 27 heavy (non-hydrogen) atoms. The van der Waals surface area contributed by atoms with Gasteiger partial charge >= 0.3 is 5.97 Å². The van der Waals surface area contributed by atoms with Crippen LogP contribution in [0.1, 0.15) is 69.6 Å². The molecule has 0 saturated carbocycles. The molecule has 3 heteroatoms. The molecule has 0 aromatic heterocycles. The molecule has 0 heterocycles. The summed E-state index contributed by atoms with van der Waals surface area (Å²) >= 11 is 0. The number of rotatable bonds is 9. The summed E-state index contributed by atoms with van der Waals surface area (Å²) in [6, 6.07) is 10.0. The van der Waals surface area contributed by atoms with Gasteiger partial charge in [-0.05, 0) is 67.0 Å². The molecule has 0 fully saturated rings. The highest BCUT2D eigenvalue weighted by Crippen LogP contribution is 2.38. The zero-order valence-corrected chi connectivity index (χ0v) is 17.1. The Hall–Kier alpha value is -2.29. The van der Waals surface area contributed by atoms with Gasteiger partial charge < -0.3 is 9.84 Å². The largest absolute Gasteiger partial charge is 0.507 e. The third kappa shape index (κ3) is 5.35. The Balaban J connectivity index is 2.56. The van der Waals surface area contributed by atoms with Gasteiger partial charge in [0.2, 0.25) is 0 Å². The Morgan fingerprint density at radius 1 is 1.00 bits per heavy atom. The van der Waals surface area contributed by atoms with Crippen molar-refractivity contribution in [1.82, 2.24) is 0 Å². The maximum absolute atomic E-state index is 11.9. The van der Waals surface area contributed by atoms with Gasteiger partial charge in [-0.15, -0.1) is 0 Å². The highest BCUT2D eigenvalue weighted by Gasteiger charge is 2.16. The molecular weight excluding hydrogens is 336 g/mol. The SMILES string of the molecule is CCCCc1cc(-c2cccc(C)c2OC(=O)CC)cc(CCCC)c1O. The number of hydrogen-bond donors (Lipinski definition) is 1. The van der Waals surface area contributed by atoms with Gasteiger partial charge in [-0.3, -0.25) is 4.79 Å². The second-order valence-electron chi connectivity index (χ2n) is 7.13. The number of carbonyl (C=O) groups excluding carboxylic acids is 1. The fourth-order valence-electron chi connectivity index (χ4n) is 3.23. The lowest BCUT2D eigenvalue weighted by molar-refractivity contribution is -0.134. The molecule has 0 atom stereocenters. The van der Waals surface area contributed by atoms with E-state index >= 15 is 0 Å². The van der Waals surface area contributed by atoms with Crippen LogP contribution in [0.4, 0.5) is 0 Å². The van der Waals surface area contributed by atoms with Gasteiger partial charge in [-0.1, -0.05) is 51.8 Å². The van der Waals surface area contributed by atoms with E-state index in [1.54, 1.807) is 6.92 Å². The summed E-state index contributed by atoms with van der Waals surface area (Å²) in [6.07, 6.45) is 6.28. The van der Waals surface area contributed by atoms with E-state index in [1.165, 1.54) is 0 Å². The topological polar surface area (TPSA) is 46.5 Å². The van der Waals surface area contributed by atoms with Crippen molar-refractivity contribution in [1.29, 1.82) is 0 Å². The van der Waals surface area contributed by atoms with Crippen LogP contribution in [0, 0.1) is 6.92 Å². The molecule has 0 bridgehead atoms. The number of phenolic OH excluding ortho intramolecular Hbond substituents is 1. The van der Waals surface area contributed by atoms with Crippen molar-refractivity contribution in [2.24, 2.45) is 0 Å². The number of ether oxygens (including phenoxy) is 1. The molecular formula is C24H32O3. The lowest BCUT2D eigenvalue weighted by atomic mass is 9.93. The van der Waals surface area contributed by atoms with Gasteiger partial charge in [-0.2, -0.15) is 0 Å². The number of carbonyl (C=O) groups is 1. The van der Waals surface area contributed by atoms with Crippen LogP contribution in [0.15, 0.2) is 30.3 Å². The Kier molecular flexibility index (Phi) is 7.90. The van der Waals surface area contributed by atoms with Gasteiger partial charge in [0.05, 0.1) is 0 Å². The fraction of sp³-hybridized carbons (Fsp3) is 0.458. The van der Waals surface area contributed by atoms with Crippen LogP contribution in [0.5, 0.6) is 11.5 Å². The Labute approximate surface area is 163 Å². The molecule has 0 radical (unpaired) electrons. The zero-order valence-electron chi connectivity index (χ0n) is 17.1. The van der Waals surface area contributed by atoms with Crippen LogP contribution in [-0.4, -0.2) is 11.1 Å². The number of para-hydroxylation sites is 1. The molecule has 0 aliphatic rings. The molecule has 3 nitrogen and oxygen atoms in total. The minimum atomic E-state index is -0.234. The Morgan fingerprint density at radius 2 is 1.59 bits per heavy atom. The molecule has 146 valence electrons. The van der Waals surface area contributed by atoms with Crippen LogP contribution in [-0.2, 0) is 17.6 Å². The van der Waals surface area contributed by atoms with Crippen molar-refractivity contribution in [3.63, 3.8) is 0 Å². The second-order valence-corrected chi connectivity index (χ2v) is 7.13. The van der Waals surface area contributed by atoms with Crippen molar-refractivity contribution < 1.29 is 14.6 Å². The summed E-state index contributed by atoms with van der Waals surface area (Å²) in [5.74, 6) is 0.820. The van der Waals surface area contributed by atoms with E-state index in [4.69, 9.17) is 4.74 Å². The number of aryl methyl sites for hydroxylation is 3. The lowest BCUT2D eigenvalue weighted by Gasteiger charge is -2.17. The van der Waals surface area contributed by atoms with E-state index in [2.05, 4.69) is 26.0 Å². The number of aromatic hydroxyl groups is 1. The van der Waals surface area contributed by atoms with E-state index in [-0.39, 0.29) is 5.97 Å². The highest BCUT2D eigenvalue weighted by molar-refractivity contribution is 5.80. The van der Waals surface area contributed by atoms with Crippen molar-refractivity contribution in [3.05, 3.63) is 47.0 Å². The maximum atomic E-state index is 11.9. The van der Waals surface area contributed by atoms with Gasteiger partial charge in [0, 0.05) is 12.0 Å². The first kappa shape index (κ1) is 21.0. The summed E-state index contributed by atoms with van der Waals surface area (Å²) in [6.45, 7) is 8.06. The Bertz CT molecular complexity index is 748. The van der Waals surface area contributed by atoms with Crippen molar-refractivity contribution in [2.75, 3.05) is 0 Å². The minimum absolute atomic E-state index is 0.234. The highest BCUT2D eigenvalue weighted by atomic mass is 16.5. The molecule has 0 spiro atoms. The van der Waals surface area contributed by atoms with Crippen LogP contribution in [0.2, 0.25) is 0 Å². The molecule has 2 aromatic rings.